The lowest BCUT2D eigenvalue weighted by Crippen LogP contribution is -2.22. The number of hydrogen-bond acceptors (Lipinski definition) is 10. The summed E-state index contributed by atoms with van der Waals surface area (Å²) in [7, 11) is 0. The molecule has 0 bridgehead atoms. The predicted molar refractivity (Wildman–Crippen MR) is 167 cm³/mol. The monoisotopic (exact) mass is 728 g/mol. The van der Waals surface area contributed by atoms with Gasteiger partial charge in [0, 0.05) is 30.7 Å². The summed E-state index contributed by atoms with van der Waals surface area (Å²) in [5.41, 5.74) is -1.84. The Morgan fingerprint density at radius 2 is 1.35 bits per heavy atom. The third kappa shape index (κ3) is 13.6. The van der Waals surface area contributed by atoms with Crippen LogP contribution in [-0.2, 0) is 20.4 Å². The molecule has 12 nitrogen and oxygen atoms in total. The number of hydrogen-bond donors (Lipinski definition) is 0. The average Bonchev–Trinajstić information content (AvgIpc) is 3.07. The van der Waals surface area contributed by atoms with Crippen LogP contribution in [0, 0.1) is 26.0 Å². The van der Waals surface area contributed by atoms with Crippen molar-refractivity contribution in [3.63, 3.8) is 0 Å². The molecule has 0 spiro atoms. The predicted octanol–water partition coefficient (Wildman–Crippen LogP) is 8.47. The van der Waals surface area contributed by atoms with E-state index in [1.165, 1.54) is 18.2 Å². The van der Waals surface area contributed by atoms with E-state index in [9.17, 15) is 56.2 Å². The molecule has 0 aliphatic carbocycles. The number of nitro benzene ring substituents is 2. The molecular formula is C33H30F6N2O10. The number of benzene rings is 3. The molecule has 0 atom stereocenters. The number of carbonyl (C=O) groups excluding carboxylic acids is 2. The fourth-order valence-electron chi connectivity index (χ4n) is 4.22. The van der Waals surface area contributed by atoms with Crippen molar-refractivity contribution in [2.24, 2.45) is 0 Å². The molecule has 18 heteroatoms. The van der Waals surface area contributed by atoms with Gasteiger partial charge in [-0.15, -0.1) is 0 Å². The standard InChI is InChI=1S/C33H30F6N2O10/c34-28-21-27(48-17-5-14-32(35,36)37)11-12-29(28)51-33(38,39)24-9-6-22(7-10-24)8-13-30(42)49-15-3-1-2-4-16-50-31(43)23-18-25(40(44)45)20-26(19-23)41(46)47/h6-13,18-21H,1-5,14-17H2. The summed E-state index contributed by atoms with van der Waals surface area (Å²) < 4.78 is 100. The highest BCUT2D eigenvalue weighted by Gasteiger charge is 2.35. The van der Waals surface area contributed by atoms with Crippen molar-refractivity contribution >= 4 is 29.4 Å². The second kappa shape index (κ2) is 18.4. The SMILES string of the molecule is O=C(C=Cc1ccc(C(F)(F)Oc2ccc(OCCCC(F)(F)F)cc2F)cc1)OCCCCCCOC(=O)c1cc([N+](=O)[O-])cc([N+](=O)[O-])c1. The van der Waals surface area contributed by atoms with Crippen LogP contribution in [0.1, 0.15) is 60.0 Å². The summed E-state index contributed by atoms with van der Waals surface area (Å²) in [6, 6.07) is 9.70. The largest absolute Gasteiger partial charge is 0.493 e. The van der Waals surface area contributed by atoms with Gasteiger partial charge in [-0.2, -0.15) is 22.0 Å². The van der Waals surface area contributed by atoms with Gasteiger partial charge < -0.3 is 18.9 Å². The number of halogens is 6. The Kier molecular flexibility index (Phi) is 14.3. The van der Waals surface area contributed by atoms with Gasteiger partial charge in [-0.05, 0) is 68.0 Å². The molecule has 0 N–H and O–H groups in total. The molecule has 0 aromatic heterocycles. The summed E-state index contributed by atoms with van der Waals surface area (Å²) >= 11 is 0. The Morgan fingerprint density at radius 1 is 0.745 bits per heavy atom. The minimum atomic E-state index is -4.37. The number of carbonyl (C=O) groups is 2. The van der Waals surface area contributed by atoms with Gasteiger partial charge in [-0.1, -0.05) is 12.1 Å². The lowest BCUT2D eigenvalue weighted by atomic mass is 10.1. The molecule has 51 heavy (non-hydrogen) atoms. The van der Waals surface area contributed by atoms with E-state index in [-0.39, 0.29) is 37.6 Å². The Hall–Kier alpha value is -5.68. The summed E-state index contributed by atoms with van der Waals surface area (Å²) in [4.78, 5) is 44.4. The van der Waals surface area contributed by atoms with Crippen LogP contribution in [0.15, 0.2) is 66.7 Å². The van der Waals surface area contributed by atoms with Gasteiger partial charge in [0.2, 0.25) is 0 Å². The Bertz CT molecular complexity index is 1680. The van der Waals surface area contributed by atoms with Gasteiger partial charge >= 0.3 is 24.2 Å². The first-order chi connectivity index (χ1) is 24.0. The van der Waals surface area contributed by atoms with Crippen molar-refractivity contribution < 1.29 is 64.7 Å². The summed E-state index contributed by atoms with van der Waals surface area (Å²) in [5, 5.41) is 21.9. The van der Waals surface area contributed by atoms with Gasteiger partial charge in [-0.25, -0.2) is 14.0 Å². The number of non-ortho nitro benzene ring substituents is 2. The molecule has 0 unspecified atom stereocenters. The Labute approximate surface area is 285 Å². The summed E-state index contributed by atoms with van der Waals surface area (Å²) in [6.45, 7) is -0.343. The molecule has 0 heterocycles. The van der Waals surface area contributed by atoms with Crippen LogP contribution in [0.3, 0.4) is 0 Å². The maximum Gasteiger partial charge on any atom is 0.426 e. The van der Waals surface area contributed by atoms with Gasteiger partial charge in [0.25, 0.3) is 11.4 Å². The molecule has 274 valence electrons. The Morgan fingerprint density at radius 3 is 1.92 bits per heavy atom. The van der Waals surface area contributed by atoms with Gasteiger partial charge in [0.05, 0.1) is 46.9 Å². The van der Waals surface area contributed by atoms with Crippen LogP contribution in [0.4, 0.5) is 37.7 Å². The number of esters is 2. The van der Waals surface area contributed by atoms with Crippen LogP contribution in [0.5, 0.6) is 11.5 Å². The van der Waals surface area contributed by atoms with E-state index >= 15 is 0 Å². The van der Waals surface area contributed by atoms with Crippen LogP contribution in [0.2, 0.25) is 0 Å². The topological polar surface area (TPSA) is 157 Å². The van der Waals surface area contributed by atoms with Crippen LogP contribution in [-0.4, -0.2) is 47.8 Å². The molecule has 0 amide bonds. The lowest BCUT2D eigenvalue weighted by molar-refractivity contribution is -0.394. The maximum atomic E-state index is 14.7. The van der Waals surface area contributed by atoms with Gasteiger partial charge in [-0.3, -0.25) is 20.2 Å². The average molecular weight is 729 g/mol. The van der Waals surface area contributed by atoms with Crippen LogP contribution < -0.4 is 9.47 Å². The maximum absolute atomic E-state index is 14.7. The molecule has 3 rings (SSSR count). The third-order valence-electron chi connectivity index (χ3n) is 6.75. The highest BCUT2D eigenvalue weighted by atomic mass is 19.4. The van der Waals surface area contributed by atoms with E-state index in [0.717, 1.165) is 54.6 Å². The third-order valence-corrected chi connectivity index (χ3v) is 6.75. The summed E-state index contributed by atoms with van der Waals surface area (Å²) in [6.07, 6.45) is -5.36. The molecular weight excluding hydrogens is 698 g/mol. The first-order valence-electron chi connectivity index (χ1n) is 15.2. The minimum absolute atomic E-state index is 0.0482. The molecule has 0 saturated carbocycles. The van der Waals surface area contributed by atoms with Crippen molar-refractivity contribution in [2.45, 2.75) is 50.8 Å². The van der Waals surface area contributed by atoms with E-state index in [2.05, 4.69) is 4.74 Å². The number of ether oxygens (including phenoxy) is 4. The number of unbranched alkanes of at least 4 members (excludes halogenated alkanes) is 3. The van der Waals surface area contributed by atoms with Crippen molar-refractivity contribution in [1.29, 1.82) is 0 Å². The minimum Gasteiger partial charge on any atom is -0.493 e. The van der Waals surface area contributed by atoms with Crippen LogP contribution >= 0.6 is 0 Å². The highest BCUT2D eigenvalue weighted by molar-refractivity contribution is 5.91. The first-order valence-corrected chi connectivity index (χ1v) is 15.2. The second-order valence-corrected chi connectivity index (χ2v) is 10.7. The normalized spacial score (nSPS) is 11.6. The van der Waals surface area contributed by atoms with E-state index in [4.69, 9.17) is 14.2 Å². The zero-order chi connectivity index (χ0) is 37.6. The van der Waals surface area contributed by atoms with Gasteiger partial charge in [0.15, 0.2) is 11.6 Å². The van der Waals surface area contributed by atoms with E-state index < -0.39 is 69.0 Å². The molecule has 0 aliphatic rings. The van der Waals surface area contributed by atoms with Crippen LogP contribution in [0.25, 0.3) is 6.08 Å². The zero-order valence-electron chi connectivity index (χ0n) is 26.5. The molecule has 0 radical (unpaired) electrons. The second-order valence-electron chi connectivity index (χ2n) is 10.7. The van der Waals surface area contributed by atoms with E-state index in [1.54, 1.807) is 0 Å². The zero-order valence-corrected chi connectivity index (χ0v) is 26.5. The molecule has 0 saturated heterocycles. The smallest absolute Gasteiger partial charge is 0.426 e. The first kappa shape index (κ1) is 39.8. The molecule has 3 aromatic carbocycles. The van der Waals surface area contributed by atoms with E-state index in [0.29, 0.717) is 31.2 Å². The van der Waals surface area contributed by atoms with Crippen molar-refractivity contribution in [1.82, 2.24) is 0 Å². The van der Waals surface area contributed by atoms with Crippen molar-refractivity contribution in [3.8, 4) is 11.5 Å². The number of nitrogens with zero attached hydrogens (tertiary/aromatic N) is 2. The highest BCUT2D eigenvalue weighted by Crippen LogP contribution is 2.34. The van der Waals surface area contributed by atoms with Gasteiger partial charge in [0.1, 0.15) is 5.75 Å². The van der Waals surface area contributed by atoms with E-state index in [1.807, 2.05) is 0 Å². The number of rotatable bonds is 19. The fraction of sp³-hybridized carbons (Fsp3) is 0.333. The van der Waals surface area contributed by atoms with Crippen molar-refractivity contribution in [2.75, 3.05) is 19.8 Å². The Balaban J connectivity index is 1.35. The molecule has 3 aromatic rings. The van der Waals surface area contributed by atoms with Crippen molar-refractivity contribution in [3.05, 3.63) is 109 Å². The fourth-order valence-corrected chi connectivity index (χ4v) is 4.22. The molecule has 0 fully saturated rings. The quantitative estimate of drug-likeness (QED) is 0.0293. The number of nitro groups is 2. The number of alkyl halides is 5. The lowest BCUT2D eigenvalue weighted by Gasteiger charge is -2.19. The molecule has 0 aliphatic heterocycles. The summed E-state index contributed by atoms with van der Waals surface area (Å²) in [5.74, 6) is -3.83.